The molecule has 0 saturated heterocycles. The Morgan fingerprint density at radius 2 is 1.00 bits per heavy atom. The number of rotatable bonds is 3. The Hall–Kier alpha value is -5.80. The Bertz CT molecular complexity index is 2330. The lowest BCUT2D eigenvalue weighted by atomic mass is 10.1. The topological polar surface area (TPSA) is 72.3 Å². The van der Waals surface area contributed by atoms with Crippen molar-refractivity contribution in [1.29, 1.82) is 5.26 Å². The van der Waals surface area contributed by atoms with E-state index < -0.39 is 0 Å². The summed E-state index contributed by atoms with van der Waals surface area (Å²) in [6.07, 6.45) is 0. The van der Waals surface area contributed by atoms with Crippen LogP contribution in [0.5, 0.6) is 0 Å². The average Bonchev–Trinajstić information content (AvgIpc) is 3.53. The Kier molecular flexibility index (Phi) is 5.22. The number of para-hydroxylation sites is 3. The third-order valence-electron chi connectivity index (χ3n) is 7.98. The molecule has 0 bridgehead atoms. The zero-order chi connectivity index (χ0) is 28.4. The van der Waals surface area contributed by atoms with Gasteiger partial charge in [0, 0.05) is 38.5 Å². The van der Waals surface area contributed by atoms with E-state index in [1.54, 1.807) is 0 Å². The van der Waals surface area contributed by atoms with Gasteiger partial charge in [-0.2, -0.15) is 5.26 Å². The van der Waals surface area contributed by atoms with E-state index in [0.717, 1.165) is 27.8 Å². The maximum Gasteiger partial charge on any atom is 0.164 e. The second-order valence-corrected chi connectivity index (χ2v) is 10.5. The van der Waals surface area contributed by atoms with Crippen LogP contribution in [-0.2, 0) is 0 Å². The van der Waals surface area contributed by atoms with Crippen molar-refractivity contribution in [1.82, 2.24) is 24.1 Å². The summed E-state index contributed by atoms with van der Waals surface area (Å²) >= 11 is 0. The van der Waals surface area contributed by atoms with Crippen LogP contribution in [-0.4, -0.2) is 24.1 Å². The number of aryl methyl sites for hydroxylation is 2. The Morgan fingerprint density at radius 1 is 0.524 bits per heavy atom. The van der Waals surface area contributed by atoms with Gasteiger partial charge in [0.1, 0.15) is 11.6 Å². The van der Waals surface area contributed by atoms with Crippen molar-refractivity contribution in [2.24, 2.45) is 0 Å². The smallest absolute Gasteiger partial charge is 0.164 e. The van der Waals surface area contributed by atoms with Crippen molar-refractivity contribution in [2.45, 2.75) is 13.8 Å². The molecule has 5 aromatic carbocycles. The molecule has 0 aliphatic rings. The molecule has 0 spiro atoms. The molecule has 6 heteroatoms. The van der Waals surface area contributed by atoms with E-state index in [1.807, 2.05) is 32.0 Å². The van der Waals surface area contributed by atoms with E-state index in [1.165, 1.54) is 27.2 Å². The molecule has 8 rings (SSSR count). The second-order valence-electron chi connectivity index (χ2n) is 10.5. The minimum atomic E-state index is 0.505. The van der Waals surface area contributed by atoms with Crippen LogP contribution in [0.25, 0.3) is 66.4 Å². The Balaban J connectivity index is 1.43. The molecule has 0 aliphatic heterocycles. The van der Waals surface area contributed by atoms with Gasteiger partial charge < -0.3 is 9.13 Å². The molecule has 3 heterocycles. The van der Waals surface area contributed by atoms with E-state index in [4.69, 9.17) is 0 Å². The van der Waals surface area contributed by atoms with Crippen molar-refractivity contribution in [2.75, 3.05) is 0 Å². The average molecular weight is 541 g/mol. The predicted molar refractivity (Wildman–Crippen MR) is 168 cm³/mol. The number of hydrogen-bond acceptors (Lipinski definition) is 4. The quantitative estimate of drug-likeness (QED) is 0.226. The van der Waals surface area contributed by atoms with Gasteiger partial charge in [0.2, 0.25) is 0 Å². The van der Waals surface area contributed by atoms with Crippen LogP contribution < -0.4 is 0 Å². The fourth-order valence-corrected chi connectivity index (χ4v) is 6.27. The van der Waals surface area contributed by atoms with E-state index in [0.29, 0.717) is 28.6 Å². The van der Waals surface area contributed by atoms with Gasteiger partial charge in [-0.3, -0.25) is 0 Å². The molecule has 42 heavy (non-hydrogen) atoms. The van der Waals surface area contributed by atoms with Gasteiger partial charge in [-0.15, -0.1) is 0 Å². The number of nitrogens with zero attached hydrogens (tertiary/aromatic N) is 6. The van der Waals surface area contributed by atoms with Crippen LogP contribution in [0.2, 0.25) is 0 Å². The van der Waals surface area contributed by atoms with Crippen LogP contribution in [0.15, 0.2) is 109 Å². The van der Waals surface area contributed by atoms with E-state index in [-0.39, 0.29) is 0 Å². The van der Waals surface area contributed by atoms with E-state index in [2.05, 4.69) is 121 Å². The molecular weight excluding hydrogens is 516 g/mol. The zero-order valence-corrected chi connectivity index (χ0v) is 23.1. The van der Waals surface area contributed by atoms with Gasteiger partial charge in [0.25, 0.3) is 0 Å². The molecule has 0 radical (unpaired) electrons. The minimum Gasteiger partial charge on any atom is -0.309 e. The summed E-state index contributed by atoms with van der Waals surface area (Å²) < 4.78 is 4.61. The molecule has 0 aliphatic carbocycles. The van der Waals surface area contributed by atoms with Crippen LogP contribution in [0.1, 0.15) is 17.2 Å². The first-order valence-electron chi connectivity index (χ1n) is 13.9. The van der Waals surface area contributed by atoms with Gasteiger partial charge in [0.05, 0.1) is 33.7 Å². The first-order valence-corrected chi connectivity index (χ1v) is 13.9. The molecule has 0 fully saturated rings. The summed E-state index contributed by atoms with van der Waals surface area (Å²) in [5.74, 6) is 1.75. The maximum absolute atomic E-state index is 9.97. The third-order valence-corrected chi connectivity index (χ3v) is 7.98. The Morgan fingerprint density at radius 3 is 1.57 bits per heavy atom. The summed E-state index contributed by atoms with van der Waals surface area (Å²) in [6, 6.07) is 40.5. The zero-order valence-electron chi connectivity index (χ0n) is 23.1. The first-order chi connectivity index (χ1) is 20.6. The van der Waals surface area contributed by atoms with Gasteiger partial charge in [-0.1, -0.05) is 60.7 Å². The standard InChI is InChI=1S/C36H24N6/c1-22-38-23(2)40-36(39-22)31-19-25(16-15-24(31)21-37)42-34-14-8-5-11-29(34)30-18-17-26(20-35(30)42)41-32-12-6-3-9-27(32)28-10-4-7-13-33(28)41/h3-20H,1-2H3. The van der Waals surface area contributed by atoms with Crippen molar-refractivity contribution in [3.05, 3.63) is 126 Å². The normalized spacial score (nSPS) is 11.5. The Labute approximate surface area is 241 Å². The maximum atomic E-state index is 9.97. The number of fused-ring (bicyclic) bond motifs is 6. The summed E-state index contributed by atoms with van der Waals surface area (Å²) in [5.41, 5.74) is 7.74. The number of hydrogen-bond donors (Lipinski definition) is 0. The largest absolute Gasteiger partial charge is 0.309 e. The molecule has 0 saturated carbocycles. The molecule has 0 unspecified atom stereocenters. The van der Waals surface area contributed by atoms with E-state index >= 15 is 0 Å². The lowest BCUT2D eigenvalue weighted by molar-refractivity contribution is 0.927. The fraction of sp³-hybridized carbons (Fsp3) is 0.0556. The molecule has 6 nitrogen and oxygen atoms in total. The highest BCUT2D eigenvalue weighted by molar-refractivity contribution is 6.12. The SMILES string of the molecule is Cc1nc(C)nc(-c2cc(-n3c4ccccc4c4ccc(-n5c6ccccc6c6ccccc65)cc43)ccc2C#N)n1. The molecule has 198 valence electrons. The predicted octanol–water partition coefficient (Wildman–Crippen LogP) is 8.22. The van der Waals surface area contributed by atoms with Gasteiger partial charge in [-0.25, -0.2) is 15.0 Å². The highest BCUT2D eigenvalue weighted by Gasteiger charge is 2.18. The summed E-state index contributed by atoms with van der Waals surface area (Å²) in [5, 5.41) is 14.8. The molecule has 8 aromatic rings. The monoisotopic (exact) mass is 540 g/mol. The van der Waals surface area contributed by atoms with Crippen LogP contribution in [0.4, 0.5) is 0 Å². The highest BCUT2D eigenvalue weighted by Crippen LogP contribution is 2.37. The highest BCUT2D eigenvalue weighted by atomic mass is 15.0. The third kappa shape index (κ3) is 3.54. The lowest BCUT2D eigenvalue weighted by Crippen LogP contribution is -2.02. The van der Waals surface area contributed by atoms with E-state index in [9.17, 15) is 5.26 Å². The molecule has 0 atom stereocenters. The first kappa shape index (κ1) is 24.0. The molecule has 3 aromatic heterocycles. The molecule has 0 N–H and O–H groups in total. The number of aromatic nitrogens is 5. The summed E-state index contributed by atoms with van der Waals surface area (Å²) in [6.45, 7) is 3.69. The van der Waals surface area contributed by atoms with Crippen LogP contribution in [0.3, 0.4) is 0 Å². The van der Waals surface area contributed by atoms with Crippen molar-refractivity contribution >= 4 is 43.6 Å². The minimum absolute atomic E-state index is 0.505. The second kappa shape index (κ2) is 9.12. The number of benzene rings is 5. The summed E-state index contributed by atoms with van der Waals surface area (Å²) in [7, 11) is 0. The van der Waals surface area contributed by atoms with Gasteiger partial charge in [-0.05, 0) is 62.4 Å². The van der Waals surface area contributed by atoms with Crippen LogP contribution in [0, 0.1) is 25.2 Å². The lowest BCUT2D eigenvalue weighted by Gasteiger charge is -2.13. The summed E-state index contributed by atoms with van der Waals surface area (Å²) in [4.78, 5) is 13.5. The fourth-order valence-electron chi connectivity index (χ4n) is 6.27. The van der Waals surface area contributed by atoms with Crippen molar-refractivity contribution < 1.29 is 0 Å². The number of nitriles is 1. The van der Waals surface area contributed by atoms with Gasteiger partial charge >= 0.3 is 0 Å². The van der Waals surface area contributed by atoms with Crippen molar-refractivity contribution in [3.63, 3.8) is 0 Å². The van der Waals surface area contributed by atoms with Crippen LogP contribution >= 0.6 is 0 Å². The van der Waals surface area contributed by atoms with Gasteiger partial charge in [0.15, 0.2) is 5.82 Å². The molecular formula is C36H24N6. The van der Waals surface area contributed by atoms with Crippen molar-refractivity contribution in [3.8, 4) is 28.8 Å². The molecule has 0 amide bonds.